The van der Waals surface area contributed by atoms with Crippen molar-refractivity contribution in [3.63, 3.8) is 0 Å². The minimum atomic E-state index is -0.175. The third-order valence-corrected chi connectivity index (χ3v) is 3.93. The summed E-state index contributed by atoms with van der Waals surface area (Å²) < 4.78 is 9.67. The Morgan fingerprint density at radius 1 is 1.16 bits per heavy atom. The van der Waals surface area contributed by atoms with Crippen molar-refractivity contribution in [1.82, 2.24) is 19.6 Å². The van der Waals surface area contributed by atoms with Crippen molar-refractivity contribution >= 4 is 27.5 Å². The van der Waals surface area contributed by atoms with E-state index < -0.39 is 0 Å². The fourth-order valence-electron chi connectivity index (χ4n) is 2.23. The monoisotopic (exact) mass is 403 g/mol. The Kier molecular flexibility index (Phi) is 5.49. The lowest BCUT2D eigenvalue weighted by atomic mass is 10.2. The van der Waals surface area contributed by atoms with Crippen LogP contribution in [0.15, 0.2) is 53.5 Å². The number of hydrogen-bond donors (Lipinski definition) is 1. The second-order valence-corrected chi connectivity index (χ2v) is 6.36. The first kappa shape index (κ1) is 17.2. The molecule has 0 aliphatic heterocycles. The average Bonchev–Trinajstić information content (AvgIpc) is 3.22. The molecule has 1 N–H and O–H groups in total. The van der Waals surface area contributed by atoms with Crippen molar-refractivity contribution in [3.05, 3.63) is 59.1 Å². The zero-order chi connectivity index (χ0) is 17.6. The Morgan fingerprint density at radius 2 is 1.92 bits per heavy atom. The molecular formula is C17H18BrN5O2. The first-order valence-electron chi connectivity index (χ1n) is 7.84. The Hall–Kier alpha value is -2.61. The van der Waals surface area contributed by atoms with E-state index in [2.05, 4.69) is 38.4 Å². The molecule has 0 aliphatic carbocycles. The summed E-state index contributed by atoms with van der Waals surface area (Å²) in [7, 11) is 0. The van der Waals surface area contributed by atoms with Crippen LogP contribution < -0.4 is 10.1 Å². The first-order valence-corrected chi connectivity index (χ1v) is 8.63. The van der Waals surface area contributed by atoms with E-state index in [0.29, 0.717) is 5.69 Å². The molecule has 0 saturated heterocycles. The number of benzene rings is 1. The minimum Gasteiger partial charge on any atom is -0.471 e. The molecule has 7 nitrogen and oxygen atoms in total. The summed E-state index contributed by atoms with van der Waals surface area (Å²) >= 11 is 3.29. The van der Waals surface area contributed by atoms with Crippen LogP contribution in [0.5, 0.6) is 5.75 Å². The predicted molar refractivity (Wildman–Crippen MR) is 97.2 cm³/mol. The van der Waals surface area contributed by atoms with Crippen LogP contribution in [0.25, 0.3) is 0 Å². The SMILES string of the molecule is CCc1ccc(OCn2cc(NC(=O)Cn3cc(Br)cn3)cn2)cc1. The van der Waals surface area contributed by atoms with Crippen LogP contribution in [-0.2, 0) is 24.5 Å². The average molecular weight is 404 g/mol. The van der Waals surface area contributed by atoms with Gasteiger partial charge in [-0.15, -0.1) is 0 Å². The van der Waals surface area contributed by atoms with Crippen LogP contribution in [0.1, 0.15) is 12.5 Å². The molecule has 8 heteroatoms. The number of amides is 1. The molecule has 3 rings (SSSR count). The zero-order valence-electron chi connectivity index (χ0n) is 13.7. The molecule has 2 aromatic heterocycles. The molecule has 130 valence electrons. The third-order valence-electron chi connectivity index (χ3n) is 3.52. The molecule has 2 heterocycles. The summed E-state index contributed by atoms with van der Waals surface area (Å²) in [5.74, 6) is 0.605. The number of nitrogens with one attached hydrogen (secondary N) is 1. The second kappa shape index (κ2) is 7.98. The van der Waals surface area contributed by atoms with E-state index in [1.165, 1.54) is 5.56 Å². The number of halogens is 1. The van der Waals surface area contributed by atoms with Crippen LogP contribution in [0.3, 0.4) is 0 Å². The molecule has 0 aliphatic rings. The predicted octanol–water partition coefficient (Wildman–Crippen LogP) is 3.08. The summed E-state index contributed by atoms with van der Waals surface area (Å²) in [5, 5.41) is 11.0. The number of rotatable bonds is 7. The second-order valence-electron chi connectivity index (χ2n) is 5.44. The molecule has 1 aromatic carbocycles. The normalized spacial score (nSPS) is 10.6. The van der Waals surface area contributed by atoms with Crippen LogP contribution in [0.4, 0.5) is 5.69 Å². The zero-order valence-corrected chi connectivity index (χ0v) is 15.3. The van der Waals surface area contributed by atoms with Gasteiger partial charge in [-0.05, 0) is 40.0 Å². The van der Waals surface area contributed by atoms with Gasteiger partial charge in [0.1, 0.15) is 12.3 Å². The van der Waals surface area contributed by atoms with Crippen molar-refractivity contribution in [2.45, 2.75) is 26.6 Å². The lowest BCUT2D eigenvalue weighted by molar-refractivity contribution is -0.116. The summed E-state index contributed by atoms with van der Waals surface area (Å²) in [6.07, 6.45) is 7.67. The van der Waals surface area contributed by atoms with Crippen LogP contribution in [-0.4, -0.2) is 25.5 Å². The molecule has 0 radical (unpaired) electrons. The van der Waals surface area contributed by atoms with Crippen molar-refractivity contribution in [1.29, 1.82) is 0 Å². The number of nitrogens with zero attached hydrogens (tertiary/aromatic N) is 4. The molecule has 0 bridgehead atoms. The third kappa shape index (κ3) is 4.93. The fraction of sp³-hybridized carbons (Fsp3) is 0.235. The van der Waals surface area contributed by atoms with Crippen LogP contribution in [0.2, 0.25) is 0 Å². The molecule has 0 fully saturated rings. The highest BCUT2D eigenvalue weighted by Crippen LogP contribution is 2.14. The van der Waals surface area contributed by atoms with E-state index in [1.54, 1.807) is 34.2 Å². The van der Waals surface area contributed by atoms with Gasteiger partial charge in [-0.2, -0.15) is 10.2 Å². The maximum atomic E-state index is 12.0. The largest absolute Gasteiger partial charge is 0.471 e. The molecular weight excluding hydrogens is 386 g/mol. The number of aryl methyl sites for hydroxylation is 1. The number of hydrogen-bond acceptors (Lipinski definition) is 4. The lowest BCUT2D eigenvalue weighted by Gasteiger charge is -2.06. The quantitative estimate of drug-likeness (QED) is 0.657. The van der Waals surface area contributed by atoms with Crippen LogP contribution in [0, 0.1) is 0 Å². The van der Waals surface area contributed by atoms with Crippen molar-refractivity contribution in [2.75, 3.05) is 5.32 Å². The van der Waals surface area contributed by atoms with Gasteiger partial charge >= 0.3 is 0 Å². The van der Waals surface area contributed by atoms with Gasteiger partial charge in [0.05, 0.1) is 28.8 Å². The highest BCUT2D eigenvalue weighted by Gasteiger charge is 2.07. The van der Waals surface area contributed by atoms with Gasteiger partial charge in [0, 0.05) is 6.20 Å². The number of carbonyl (C=O) groups excluding carboxylic acids is 1. The van der Waals surface area contributed by atoms with E-state index in [-0.39, 0.29) is 19.2 Å². The molecule has 0 spiro atoms. The standard InChI is InChI=1S/C17H18BrN5O2/c1-2-13-3-5-16(6-4-13)25-12-23-10-15(8-20-23)21-17(24)11-22-9-14(18)7-19-22/h3-10H,2,11-12H2,1H3,(H,21,24). The first-order chi connectivity index (χ1) is 12.1. The van der Waals surface area contributed by atoms with Gasteiger partial charge < -0.3 is 10.1 Å². The summed E-state index contributed by atoms with van der Waals surface area (Å²) in [6, 6.07) is 7.95. The van der Waals surface area contributed by atoms with Crippen molar-refractivity contribution in [3.8, 4) is 5.75 Å². The smallest absolute Gasteiger partial charge is 0.246 e. The Labute approximate surface area is 153 Å². The van der Waals surface area contributed by atoms with Gasteiger partial charge in [0.25, 0.3) is 0 Å². The number of ether oxygens (including phenoxy) is 1. The number of carbonyl (C=O) groups is 1. The molecule has 0 unspecified atom stereocenters. The van der Waals surface area contributed by atoms with E-state index in [1.807, 2.05) is 24.3 Å². The van der Waals surface area contributed by atoms with Gasteiger partial charge in [0.2, 0.25) is 5.91 Å². The number of aromatic nitrogens is 4. The Morgan fingerprint density at radius 3 is 2.60 bits per heavy atom. The fourth-order valence-corrected chi connectivity index (χ4v) is 2.56. The molecule has 25 heavy (non-hydrogen) atoms. The lowest BCUT2D eigenvalue weighted by Crippen LogP contribution is -2.18. The van der Waals surface area contributed by atoms with Crippen molar-refractivity contribution in [2.24, 2.45) is 0 Å². The van der Waals surface area contributed by atoms with E-state index in [9.17, 15) is 4.79 Å². The van der Waals surface area contributed by atoms with Crippen molar-refractivity contribution < 1.29 is 9.53 Å². The van der Waals surface area contributed by atoms with Gasteiger partial charge in [-0.3, -0.25) is 9.48 Å². The maximum Gasteiger partial charge on any atom is 0.246 e. The van der Waals surface area contributed by atoms with Crippen LogP contribution >= 0.6 is 15.9 Å². The Bertz CT molecular complexity index is 841. The number of anilines is 1. The van der Waals surface area contributed by atoms with Gasteiger partial charge in [-0.25, -0.2) is 4.68 Å². The molecule has 0 atom stereocenters. The highest BCUT2D eigenvalue weighted by atomic mass is 79.9. The highest BCUT2D eigenvalue weighted by molar-refractivity contribution is 9.10. The van der Waals surface area contributed by atoms with Gasteiger partial charge in [-0.1, -0.05) is 19.1 Å². The molecule has 1 amide bonds. The molecule has 0 saturated carbocycles. The topological polar surface area (TPSA) is 74.0 Å². The summed E-state index contributed by atoms with van der Waals surface area (Å²) in [5.41, 5.74) is 1.88. The van der Waals surface area contributed by atoms with Gasteiger partial charge in [0.15, 0.2) is 6.73 Å². The summed E-state index contributed by atoms with van der Waals surface area (Å²) in [6.45, 7) is 2.52. The maximum absolute atomic E-state index is 12.0. The minimum absolute atomic E-state index is 0.136. The molecule has 3 aromatic rings. The van der Waals surface area contributed by atoms with E-state index in [0.717, 1.165) is 16.6 Å². The summed E-state index contributed by atoms with van der Waals surface area (Å²) in [4.78, 5) is 12.0. The Balaban J connectivity index is 1.50. The van der Waals surface area contributed by atoms with E-state index >= 15 is 0 Å². The van der Waals surface area contributed by atoms with E-state index in [4.69, 9.17) is 4.74 Å².